The molecule has 1 saturated carbocycles. The fraction of sp³-hybridized carbons (Fsp3) is 0.370. The van der Waals surface area contributed by atoms with Gasteiger partial charge >= 0.3 is 12.2 Å². The third kappa shape index (κ3) is 8.03. The second kappa shape index (κ2) is 18.2. The highest BCUT2D eigenvalue weighted by atomic mass is 16.5. The van der Waals surface area contributed by atoms with Crippen LogP contribution in [0.5, 0.6) is 0 Å². The standard InChI is InChI=1S/C54H55N7O7/c1-66-53(64)58-47(32-20-23-68-24-21-32)51(62)60-22-6-9-46(60)50-55-30-45(57-50)38-13-12-34-25-33(10-11-35(34)27-38)36-15-18-41-37(26-36)16-19-43-42(41)29-44(56-43)49-39-14-17-40(28-39)61(49)52(63)48(59-54(65)67-2)31-7-4-3-5-8-31/h3-5,7-8,10-13,15-16,18-19,25-27,30,32,39-40,46-49H,6,9,14,17,20-24,28-29H2,1-2H3,(H,55,57)(H,58,64)(H,59,65)/t39-,40+,46-,47-,48+,49-/m0/s1. The Morgan fingerprint density at radius 1 is 0.765 bits per heavy atom. The van der Waals surface area contributed by atoms with Crippen LogP contribution < -0.4 is 10.6 Å². The van der Waals surface area contributed by atoms with Gasteiger partial charge in [0.05, 0.1) is 43.9 Å². The van der Waals surface area contributed by atoms with Crippen LogP contribution in [0, 0.1) is 11.8 Å². The molecule has 6 aromatic rings. The van der Waals surface area contributed by atoms with E-state index in [0.717, 1.165) is 98.8 Å². The Morgan fingerprint density at radius 2 is 1.47 bits per heavy atom. The zero-order valence-corrected chi connectivity index (χ0v) is 38.3. The van der Waals surface area contributed by atoms with Crippen LogP contribution >= 0.6 is 0 Å². The number of H-pyrrole nitrogens is 1. The van der Waals surface area contributed by atoms with E-state index in [1.165, 1.54) is 19.8 Å². The first-order valence-electron chi connectivity index (χ1n) is 23.9. The van der Waals surface area contributed by atoms with Crippen LogP contribution in [0.2, 0.25) is 0 Å². The summed E-state index contributed by atoms with van der Waals surface area (Å²) < 4.78 is 15.4. The minimum absolute atomic E-state index is 0.0298. The second-order valence-electron chi connectivity index (χ2n) is 18.9. The number of likely N-dealkylation sites (tertiary alicyclic amines) is 2. The number of hydrogen-bond acceptors (Lipinski definition) is 9. The van der Waals surface area contributed by atoms with Gasteiger partial charge in [-0.2, -0.15) is 0 Å². The average Bonchev–Trinajstić information content (AvgIpc) is 4.26. The van der Waals surface area contributed by atoms with Crippen molar-refractivity contribution in [2.45, 2.75) is 81.6 Å². The molecule has 5 heterocycles. The summed E-state index contributed by atoms with van der Waals surface area (Å²) in [5.74, 6) is 0.797. The normalized spacial score (nSPS) is 21.9. The van der Waals surface area contributed by atoms with E-state index in [-0.39, 0.29) is 35.9 Å². The Morgan fingerprint density at radius 3 is 2.25 bits per heavy atom. The predicted octanol–water partition coefficient (Wildman–Crippen LogP) is 8.97. The number of carbonyl (C=O) groups is 4. The van der Waals surface area contributed by atoms with Crippen LogP contribution in [0.4, 0.5) is 15.3 Å². The maximum Gasteiger partial charge on any atom is 0.407 e. The predicted molar refractivity (Wildman–Crippen MR) is 258 cm³/mol. The van der Waals surface area contributed by atoms with E-state index in [0.29, 0.717) is 44.9 Å². The number of aliphatic imine (C=N–C) groups is 1. The summed E-state index contributed by atoms with van der Waals surface area (Å²) in [6.45, 7) is 1.71. The number of nitrogens with zero attached hydrogens (tertiary/aromatic N) is 4. The van der Waals surface area contributed by atoms with Crippen LogP contribution in [0.1, 0.15) is 74.0 Å². The molecule has 3 saturated heterocycles. The minimum Gasteiger partial charge on any atom is -0.453 e. The number of nitrogens with one attached hydrogen (secondary N) is 3. The minimum atomic E-state index is -0.856. The van der Waals surface area contributed by atoms with Gasteiger partial charge in [-0.25, -0.2) is 14.6 Å². The fourth-order valence-corrected chi connectivity index (χ4v) is 11.7. The van der Waals surface area contributed by atoms with E-state index in [1.54, 1.807) is 0 Å². The van der Waals surface area contributed by atoms with Crippen molar-refractivity contribution in [2.24, 2.45) is 16.8 Å². The molecule has 6 atom stereocenters. The highest BCUT2D eigenvalue weighted by Gasteiger charge is 2.52. The lowest BCUT2D eigenvalue weighted by Crippen LogP contribution is -2.53. The number of methoxy groups -OCH3 is 2. The van der Waals surface area contributed by atoms with E-state index in [2.05, 4.69) is 82.3 Å². The molecule has 0 unspecified atom stereocenters. The molecule has 14 nitrogen and oxygen atoms in total. The van der Waals surface area contributed by atoms with E-state index in [4.69, 9.17) is 24.2 Å². The molecule has 5 aliphatic rings. The molecule has 1 aromatic heterocycles. The Bertz CT molecular complexity index is 2960. The Labute approximate surface area is 394 Å². The number of fused-ring (bicyclic) bond motifs is 6. The van der Waals surface area contributed by atoms with E-state index < -0.39 is 24.3 Å². The molecule has 68 heavy (non-hydrogen) atoms. The number of imidazole rings is 1. The first-order valence-corrected chi connectivity index (χ1v) is 23.9. The fourth-order valence-electron chi connectivity index (χ4n) is 11.7. The Balaban J connectivity index is 0.796. The summed E-state index contributed by atoms with van der Waals surface area (Å²) in [4.78, 5) is 70.8. The van der Waals surface area contributed by atoms with Crippen molar-refractivity contribution in [1.29, 1.82) is 0 Å². The molecule has 4 aliphatic heterocycles. The van der Waals surface area contributed by atoms with E-state index in [9.17, 15) is 19.2 Å². The summed E-state index contributed by atoms with van der Waals surface area (Å²) in [7, 11) is 2.63. The van der Waals surface area contributed by atoms with E-state index in [1.807, 2.05) is 46.3 Å². The summed E-state index contributed by atoms with van der Waals surface area (Å²) in [6, 6.07) is 31.5. The molecular formula is C54H55N7O7. The number of amides is 4. The number of rotatable bonds is 10. The molecule has 348 valence electrons. The third-order valence-corrected chi connectivity index (χ3v) is 15.1. The number of piperidine rings is 1. The molecule has 11 rings (SSSR count). The van der Waals surface area contributed by atoms with Gasteiger partial charge in [0.2, 0.25) is 5.91 Å². The van der Waals surface area contributed by atoms with Gasteiger partial charge in [-0.15, -0.1) is 0 Å². The molecule has 2 bridgehead atoms. The molecule has 14 heteroatoms. The van der Waals surface area contributed by atoms with Crippen molar-refractivity contribution in [2.75, 3.05) is 34.0 Å². The lowest BCUT2D eigenvalue weighted by atomic mass is 9.90. The van der Waals surface area contributed by atoms with Gasteiger partial charge in [-0.3, -0.25) is 14.6 Å². The zero-order valence-electron chi connectivity index (χ0n) is 38.3. The number of carbonyl (C=O) groups excluding carboxylic acids is 4. The number of benzene rings is 5. The summed E-state index contributed by atoms with van der Waals surface area (Å²) >= 11 is 0. The lowest BCUT2D eigenvalue weighted by molar-refractivity contribution is -0.137. The molecule has 0 spiro atoms. The van der Waals surface area contributed by atoms with Gasteiger partial charge in [0.1, 0.15) is 17.9 Å². The molecule has 4 amide bonds. The number of alkyl carbamates (subject to hydrolysis) is 2. The van der Waals surface area contributed by atoms with Gasteiger partial charge in [-0.1, -0.05) is 72.8 Å². The maximum atomic E-state index is 14.5. The smallest absolute Gasteiger partial charge is 0.407 e. The van der Waals surface area contributed by atoms with Crippen molar-refractivity contribution >= 4 is 56.9 Å². The monoisotopic (exact) mass is 913 g/mol. The topological polar surface area (TPSA) is 168 Å². The second-order valence-corrected chi connectivity index (χ2v) is 18.9. The summed E-state index contributed by atoms with van der Waals surface area (Å²) in [6.07, 6.45) is 7.21. The van der Waals surface area contributed by atoms with Crippen molar-refractivity contribution < 1.29 is 33.4 Å². The van der Waals surface area contributed by atoms with Crippen molar-refractivity contribution in [3.63, 3.8) is 0 Å². The van der Waals surface area contributed by atoms with Crippen molar-refractivity contribution in [3.05, 3.63) is 120 Å². The number of hydrogen-bond donors (Lipinski definition) is 3. The molecule has 4 fully saturated rings. The zero-order chi connectivity index (χ0) is 46.5. The van der Waals surface area contributed by atoms with Crippen LogP contribution in [-0.4, -0.2) is 102 Å². The largest absolute Gasteiger partial charge is 0.453 e. The third-order valence-electron chi connectivity index (χ3n) is 15.1. The van der Waals surface area contributed by atoms with Crippen molar-refractivity contribution in [1.82, 2.24) is 30.4 Å². The summed E-state index contributed by atoms with van der Waals surface area (Å²) in [5, 5.41) is 10.2. The molecule has 1 aliphatic carbocycles. The highest BCUT2D eigenvalue weighted by Crippen LogP contribution is 2.47. The van der Waals surface area contributed by atoms with Gasteiger partial charge < -0.3 is 39.6 Å². The van der Waals surface area contributed by atoms with Gasteiger partial charge in [-0.05, 0) is 125 Å². The molecule has 3 N–H and O–H groups in total. The lowest BCUT2D eigenvalue weighted by Gasteiger charge is -2.37. The first kappa shape index (κ1) is 43.5. The Kier molecular flexibility index (Phi) is 11.6. The molecular weight excluding hydrogens is 859 g/mol. The van der Waals surface area contributed by atoms with Crippen LogP contribution in [0.3, 0.4) is 0 Å². The van der Waals surface area contributed by atoms with Crippen molar-refractivity contribution in [3.8, 4) is 22.4 Å². The maximum absolute atomic E-state index is 14.5. The quantitative estimate of drug-likeness (QED) is 0.122. The van der Waals surface area contributed by atoms with Crippen LogP contribution in [0.25, 0.3) is 43.9 Å². The average molecular weight is 914 g/mol. The van der Waals surface area contributed by atoms with Gasteiger partial charge in [0, 0.05) is 43.5 Å². The van der Waals surface area contributed by atoms with E-state index >= 15 is 0 Å². The number of aromatic nitrogens is 2. The molecule has 5 aromatic carbocycles. The van der Waals surface area contributed by atoms with Crippen LogP contribution in [-0.2, 0) is 30.2 Å². The van der Waals surface area contributed by atoms with Gasteiger partial charge in [0.15, 0.2) is 0 Å². The SMILES string of the molecule is COC(=O)N[C@H](C(=O)N1CCC[C@H]1c1ncc(-c2ccc3cc(-c4ccc5c6c(ccc5c4)N=C([C@@H]4[C@H]5CC[C@H](C5)N4C(=O)[C@H](NC(=O)OC)c4ccccc4)C6)ccc3c2)[nH]1)C1CCOCC1. The number of ether oxygens (including phenoxy) is 3. The number of aromatic amines is 1. The van der Waals surface area contributed by atoms with Crippen LogP contribution in [0.15, 0.2) is 108 Å². The van der Waals surface area contributed by atoms with Gasteiger partial charge in [0.25, 0.3) is 5.91 Å². The highest BCUT2D eigenvalue weighted by molar-refractivity contribution is 6.06. The first-order chi connectivity index (χ1) is 33.2. The Hall–Kier alpha value is -7.06. The molecule has 0 radical (unpaired) electrons. The summed E-state index contributed by atoms with van der Waals surface area (Å²) in [5.41, 5.74) is 7.98.